The van der Waals surface area contributed by atoms with E-state index in [2.05, 4.69) is 20.9 Å². The number of aryl methyl sites for hydroxylation is 1. The number of rotatable bonds is 8. The number of aromatic nitrogens is 1. The van der Waals surface area contributed by atoms with Crippen LogP contribution in [0.3, 0.4) is 0 Å². The third-order valence-electron chi connectivity index (χ3n) is 4.88. The maximum Gasteiger partial charge on any atom is 0.387 e. The molecule has 1 amide bonds. The van der Waals surface area contributed by atoms with Gasteiger partial charge in [-0.15, -0.1) is 0 Å². The second kappa shape index (κ2) is 10.3. The number of benzene rings is 1. The first-order valence-electron chi connectivity index (χ1n) is 9.76. The number of pyridine rings is 1. The molecule has 0 unspecified atom stereocenters. The summed E-state index contributed by atoms with van der Waals surface area (Å²) in [6.07, 6.45) is 2.15. The maximum atomic E-state index is 13.2. The van der Waals surface area contributed by atoms with Gasteiger partial charge in [-0.3, -0.25) is 4.79 Å². The molecule has 1 aliphatic rings. The van der Waals surface area contributed by atoms with E-state index < -0.39 is 6.61 Å². The fourth-order valence-electron chi connectivity index (χ4n) is 3.37. The predicted octanol–water partition coefficient (Wildman–Crippen LogP) is 6.44. The van der Waals surface area contributed by atoms with Crippen LogP contribution in [0.1, 0.15) is 46.9 Å². The molecule has 31 heavy (non-hydrogen) atoms. The van der Waals surface area contributed by atoms with Crippen molar-refractivity contribution in [3.63, 3.8) is 0 Å². The molecular weight excluding hydrogens is 517 g/mol. The van der Waals surface area contributed by atoms with Gasteiger partial charge in [-0.05, 0) is 47.3 Å². The van der Waals surface area contributed by atoms with E-state index in [1.807, 2.05) is 6.92 Å². The molecule has 0 saturated carbocycles. The summed E-state index contributed by atoms with van der Waals surface area (Å²) in [5.41, 5.74) is 1.73. The number of ether oxygens (including phenoxy) is 2. The number of unbranched alkanes of at least 4 members (excludes halogenated alkanes) is 1. The van der Waals surface area contributed by atoms with E-state index >= 15 is 0 Å². The van der Waals surface area contributed by atoms with Crippen LogP contribution in [-0.2, 0) is 13.0 Å². The predicted molar refractivity (Wildman–Crippen MR) is 119 cm³/mol. The number of carbonyl (C=O) groups excluding carboxylic acids is 1. The molecule has 0 N–H and O–H groups in total. The molecule has 0 saturated heterocycles. The summed E-state index contributed by atoms with van der Waals surface area (Å²) in [5.74, 6) is -0.232. The Morgan fingerprint density at radius 1 is 1.32 bits per heavy atom. The number of carbonyl (C=O) groups is 1. The molecule has 0 radical (unpaired) electrons. The number of halogens is 5. The number of alkyl halides is 2. The van der Waals surface area contributed by atoms with Gasteiger partial charge in [-0.1, -0.05) is 36.5 Å². The van der Waals surface area contributed by atoms with Gasteiger partial charge in [0, 0.05) is 27.8 Å². The molecule has 0 bridgehead atoms. The maximum absolute atomic E-state index is 13.2. The van der Waals surface area contributed by atoms with Crippen molar-refractivity contribution in [2.45, 2.75) is 46.3 Å². The average Bonchev–Trinajstić information content (AvgIpc) is 2.69. The third-order valence-corrected chi connectivity index (χ3v) is 6.46. The molecule has 1 aliphatic heterocycles. The summed E-state index contributed by atoms with van der Waals surface area (Å²) in [4.78, 5) is 19.1. The zero-order chi connectivity index (χ0) is 22.7. The molecule has 3 rings (SSSR count). The molecule has 2 aromatic rings. The smallest absolute Gasteiger partial charge is 0.387 e. The lowest BCUT2D eigenvalue weighted by Gasteiger charge is -2.31. The second-order valence-corrected chi connectivity index (χ2v) is 8.75. The van der Waals surface area contributed by atoms with E-state index in [4.69, 9.17) is 32.7 Å². The van der Waals surface area contributed by atoms with Gasteiger partial charge in [-0.25, -0.2) is 4.98 Å². The molecule has 0 fully saturated rings. The Morgan fingerprint density at radius 3 is 2.74 bits per heavy atom. The highest BCUT2D eigenvalue weighted by atomic mass is 79.9. The zero-order valence-electron chi connectivity index (χ0n) is 17.0. The minimum absolute atomic E-state index is 0.0183. The largest absolute Gasteiger partial charge is 0.477 e. The van der Waals surface area contributed by atoms with E-state index in [-0.39, 0.29) is 34.7 Å². The first-order chi connectivity index (χ1) is 14.7. The Balaban J connectivity index is 1.98. The Bertz CT molecular complexity index is 992. The molecule has 0 spiro atoms. The molecule has 0 atom stereocenters. The van der Waals surface area contributed by atoms with Crippen molar-refractivity contribution in [1.29, 1.82) is 0 Å². The van der Waals surface area contributed by atoms with Gasteiger partial charge in [0.2, 0.25) is 5.88 Å². The highest BCUT2D eigenvalue weighted by Gasteiger charge is 2.31. The highest BCUT2D eigenvalue weighted by Crippen LogP contribution is 2.39. The molecule has 2 heterocycles. The van der Waals surface area contributed by atoms with Crippen LogP contribution in [0.25, 0.3) is 0 Å². The van der Waals surface area contributed by atoms with Gasteiger partial charge in [0.25, 0.3) is 5.91 Å². The summed E-state index contributed by atoms with van der Waals surface area (Å²) in [6, 6.07) is 3.07. The van der Waals surface area contributed by atoms with Crippen LogP contribution in [0.2, 0.25) is 10.0 Å². The van der Waals surface area contributed by atoms with E-state index in [0.29, 0.717) is 45.9 Å². The topological polar surface area (TPSA) is 51.7 Å². The Kier molecular flexibility index (Phi) is 7.99. The first-order valence-corrected chi connectivity index (χ1v) is 11.3. The number of hydrogen-bond donors (Lipinski definition) is 0. The van der Waals surface area contributed by atoms with Crippen molar-refractivity contribution in [1.82, 2.24) is 9.88 Å². The highest BCUT2D eigenvalue weighted by molar-refractivity contribution is 9.10. The summed E-state index contributed by atoms with van der Waals surface area (Å²) < 4.78 is 37.1. The van der Waals surface area contributed by atoms with Gasteiger partial charge in [-0.2, -0.15) is 8.78 Å². The normalized spacial score (nSPS) is 13.5. The number of nitrogens with zero attached hydrogens (tertiary/aromatic N) is 2. The lowest BCUT2D eigenvalue weighted by Crippen LogP contribution is -2.37. The van der Waals surface area contributed by atoms with Crippen molar-refractivity contribution < 1.29 is 23.0 Å². The van der Waals surface area contributed by atoms with Crippen LogP contribution < -0.4 is 9.47 Å². The molecule has 1 aromatic heterocycles. The van der Waals surface area contributed by atoms with Crippen LogP contribution in [0, 0.1) is 6.92 Å². The van der Waals surface area contributed by atoms with E-state index in [1.54, 1.807) is 13.0 Å². The number of hydrogen-bond acceptors (Lipinski definition) is 4. The van der Waals surface area contributed by atoms with E-state index in [0.717, 1.165) is 12.8 Å². The molecular formula is C21H21BrCl2F2N2O3. The van der Waals surface area contributed by atoms with Gasteiger partial charge in [0.15, 0.2) is 0 Å². The lowest BCUT2D eigenvalue weighted by atomic mass is 9.98. The summed E-state index contributed by atoms with van der Waals surface area (Å²) in [7, 11) is 0. The van der Waals surface area contributed by atoms with Gasteiger partial charge >= 0.3 is 6.61 Å². The van der Waals surface area contributed by atoms with Crippen LogP contribution >= 0.6 is 39.1 Å². The van der Waals surface area contributed by atoms with Gasteiger partial charge < -0.3 is 14.4 Å². The molecule has 10 heteroatoms. The zero-order valence-corrected chi connectivity index (χ0v) is 20.1. The van der Waals surface area contributed by atoms with Crippen LogP contribution in [-0.4, -0.2) is 35.6 Å². The monoisotopic (exact) mass is 536 g/mol. The molecule has 0 aliphatic carbocycles. The number of fused-ring (bicyclic) bond motifs is 1. The summed E-state index contributed by atoms with van der Waals surface area (Å²) in [6.45, 7) is 1.34. The fraction of sp³-hybridized carbons (Fsp3) is 0.429. The number of amides is 1. The molecule has 168 valence electrons. The van der Waals surface area contributed by atoms with Crippen LogP contribution in [0.5, 0.6) is 11.6 Å². The van der Waals surface area contributed by atoms with Crippen molar-refractivity contribution in [3.05, 3.63) is 49.0 Å². The van der Waals surface area contributed by atoms with Crippen molar-refractivity contribution in [2.24, 2.45) is 0 Å². The van der Waals surface area contributed by atoms with Gasteiger partial charge in [0.1, 0.15) is 5.75 Å². The van der Waals surface area contributed by atoms with Crippen molar-refractivity contribution >= 4 is 45.0 Å². The minimum Gasteiger partial charge on any atom is -0.477 e. The van der Waals surface area contributed by atoms with Crippen molar-refractivity contribution in [2.75, 3.05) is 13.2 Å². The van der Waals surface area contributed by atoms with Crippen molar-refractivity contribution in [3.8, 4) is 11.6 Å². The summed E-state index contributed by atoms with van der Waals surface area (Å²) >= 11 is 16.0. The van der Waals surface area contributed by atoms with E-state index in [9.17, 15) is 13.6 Å². The molecule has 5 nitrogen and oxygen atoms in total. The van der Waals surface area contributed by atoms with Crippen LogP contribution in [0.4, 0.5) is 8.78 Å². The SMILES string of the molecule is CCCCOc1nc(C)cc(OC(F)F)c1CN1CCc2c(Cl)cc(Br)c(Cl)c2C1=O. The third kappa shape index (κ3) is 5.41. The van der Waals surface area contributed by atoms with Gasteiger partial charge in [0.05, 0.1) is 29.3 Å². The lowest BCUT2D eigenvalue weighted by molar-refractivity contribution is -0.0509. The Morgan fingerprint density at radius 2 is 2.06 bits per heavy atom. The average molecular weight is 538 g/mol. The summed E-state index contributed by atoms with van der Waals surface area (Å²) in [5, 5.41) is 0.709. The fourth-order valence-corrected chi connectivity index (χ4v) is 4.48. The van der Waals surface area contributed by atoms with Crippen LogP contribution in [0.15, 0.2) is 16.6 Å². The Hall–Kier alpha value is -1.64. The minimum atomic E-state index is -3.02. The van der Waals surface area contributed by atoms with E-state index in [1.165, 1.54) is 11.0 Å². The molecule has 1 aromatic carbocycles. The Labute approximate surface area is 197 Å². The second-order valence-electron chi connectivity index (χ2n) is 7.11. The standard InChI is InChI=1S/C21H21BrCl2F2N2O3/c1-3-4-7-30-19-13(16(31-21(25)26)8-11(2)27-19)10-28-6-5-12-15(23)9-14(22)18(24)17(12)20(28)29/h8-9,21H,3-7,10H2,1-2H3. The first kappa shape index (κ1) is 24.0. The quantitative estimate of drug-likeness (QED) is 0.287.